The summed E-state index contributed by atoms with van der Waals surface area (Å²) in [6, 6.07) is 10.6. The van der Waals surface area contributed by atoms with Crippen molar-refractivity contribution in [3.63, 3.8) is 0 Å². The monoisotopic (exact) mass is 1320 g/mol. The molecule has 2 fully saturated rings. The molecule has 3 heterocycles. The second kappa shape index (κ2) is 38.3. The minimum Gasteiger partial charge on any atom is -0.495 e. The summed E-state index contributed by atoms with van der Waals surface area (Å²) >= 11 is 6.39. The van der Waals surface area contributed by atoms with Gasteiger partial charge in [0, 0.05) is 83.5 Å². The topological polar surface area (TPSA) is 317 Å². The second-order valence-electron chi connectivity index (χ2n) is 24.9. The Balaban J connectivity index is 1.15. The Labute approximate surface area is 549 Å². The van der Waals surface area contributed by atoms with Crippen LogP contribution in [0.15, 0.2) is 54.6 Å². The number of nitrogens with zero attached hydrogens (tertiary/aromatic N) is 2. The van der Waals surface area contributed by atoms with Crippen molar-refractivity contribution in [2.75, 3.05) is 80.1 Å². The minimum absolute atomic E-state index is 0.0165. The lowest BCUT2D eigenvalue weighted by Crippen LogP contribution is -2.51. The summed E-state index contributed by atoms with van der Waals surface area (Å²) in [5.74, 6) is -7.53. The highest BCUT2D eigenvalue weighted by Crippen LogP contribution is 2.45. The van der Waals surface area contributed by atoms with E-state index < -0.39 is 107 Å². The van der Waals surface area contributed by atoms with Gasteiger partial charge in [-0.3, -0.25) is 43.2 Å². The van der Waals surface area contributed by atoms with Crippen molar-refractivity contribution in [1.29, 1.82) is 0 Å². The molecular weight excluding hydrogens is 1230 g/mol. The number of nitrogens with one attached hydrogen (secondary N) is 3. The van der Waals surface area contributed by atoms with Gasteiger partial charge in [-0.2, -0.15) is 0 Å². The number of imide groups is 1. The highest BCUT2D eigenvalue weighted by atomic mass is 35.5. The van der Waals surface area contributed by atoms with E-state index in [1.54, 1.807) is 66.0 Å². The summed E-state index contributed by atoms with van der Waals surface area (Å²) in [4.78, 5) is 152. The zero-order chi connectivity index (χ0) is 68.4. The lowest BCUT2D eigenvalue weighted by Gasteiger charge is -2.29. The van der Waals surface area contributed by atoms with Gasteiger partial charge in [-0.05, 0) is 80.3 Å². The van der Waals surface area contributed by atoms with Crippen LogP contribution < -0.4 is 20.7 Å². The zero-order valence-corrected chi connectivity index (χ0v) is 56.0. The van der Waals surface area contributed by atoms with E-state index in [9.17, 15) is 52.7 Å². The number of benzene rings is 2. The van der Waals surface area contributed by atoms with Gasteiger partial charge in [-0.1, -0.05) is 82.6 Å². The van der Waals surface area contributed by atoms with Crippen molar-refractivity contribution in [3.8, 4) is 5.75 Å². The van der Waals surface area contributed by atoms with Crippen molar-refractivity contribution in [1.82, 2.24) is 25.9 Å². The molecule has 2 aromatic rings. The van der Waals surface area contributed by atoms with Crippen molar-refractivity contribution >= 4 is 76.5 Å². The van der Waals surface area contributed by atoms with Gasteiger partial charge in [0.1, 0.15) is 29.8 Å². The third-order valence-corrected chi connectivity index (χ3v) is 16.4. The first-order valence-electron chi connectivity index (χ1n) is 31.9. The third kappa shape index (κ3) is 25.6. The van der Waals surface area contributed by atoms with E-state index in [1.165, 1.54) is 18.1 Å². The van der Waals surface area contributed by atoms with E-state index in [-0.39, 0.29) is 127 Å². The number of epoxide rings is 1. The van der Waals surface area contributed by atoms with Crippen LogP contribution in [-0.2, 0) is 104 Å². The number of ketones is 2. The van der Waals surface area contributed by atoms with E-state index in [1.807, 2.05) is 45.0 Å². The van der Waals surface area contributed by atoms with E-state index in [2.05, 4.69) is 16.0 Å². The molecule has 0 bridgehead atoms. The van der Waals surface area contributed by atoms with E-state index in [0.29, 0.717) is 54.2 Å². The Morgan fingerprint density at radius 3 is 2.04 bits per heavy atom. The standard InChI is InChI=1S/C67H94ClN5O20/c1-41(2)36-55-65(83)90-53(12-11-13-56(76)71-51(38-46-17-21-54(86-10)50(68)37-46)64(82)69-40-67(7,8)66(84)91-55)43(5)61-62(92-61)47-18-14-45(15-19-47)16-20-52(75)44(6)70-63(81)49(42(3)4)39-48(74)24-27-72(28-25-60(80)93-73-58(78)22-23-59(73)79)57(77)26-29-87-32-33-89-35-34-88-31-30-85-9/h11,13-15,17-19,21,37,41-44,49,51,53,55,61-62H,12,16,20,22-36,38-40H2,1-10H3,(H,69,82)(H,70,81)(H,71,76)/b13-11+/t43-,44-,49-,51+,53-,55-,61+,62+/m0/s1. The maximum Gasteiger partial charge on any atom is 0.347 e. The number of methoxy groups -OCH3 is 2. The molecule has 25 nitrogen and oxygen atoms in total. The SMILES string of the molecule is COCCOCCOCCOCCC(=O)N(CCC(=O)C[C@H](C(=O)N[C@@H](C)C(=O)CCc1ccc([C@H]2O[C@@H]2[C@@H](C)[C@@H]2C/C=C/C(=O)N[C@H](Cc3ccc(OC)c(Cl)c3)C(=O)NCC(C)(C)C(=O)O[C@@H](CC(C)C)C(=O)O2)cc1)C(C)C)CCC(=O)ON1C(=O)CCC1=O. The Morgan fingerprint density at radius 1 is 0.785 bits per heavy atom. The van der Waals surface area contributed by atoms with Crippen LogP contribution in [-0.4, -0.2) is 185 Å². The van der Waals surface area contributed by atoms with Crippen LogP contribution in [0.2, 0.25) is 5.02 Å². The Bertz CT molecular complexity index is 2900. The van der Waals surface area contributed by atoms with Crippen LogP contribution >= 0.6 is 11.6 Å². The molecule has 3 aliphatic heterocycles. The highest BCUT2D eigenvalue weighted by molar-refractivity contribution is 6.32. The average molecular weight is 1320 g/mol. The van der Waals surface area contributed by atoms with Gasteiger partial charge < -0.3 is 63.6 Å². The molecule has 0 spiro atoms. The van der Waals surface area contributed by atoms with Crippen LogP contribution in [0.4, 0.5) is 0 Å². The molecule has 0 unspecified atom stereocenters. The predicted molar refractivity (Wildman–Crippen MR) is 337 cm³/mol. The molecule has 5 rings (SSSR count). The molecule has 0 aromatic heterocycles. The number of carbonyl (C=O) groups excluding carboxylic acids is 11. The summed E-state index contributed by atoms with van der Waals surface area (Å²) in [7, 11) is 3.06. The number of ether oxygens (including phenoxy) is 8. The molecule has 6 amide bonds. The fourth-order valence-corrected chi connectivity index (χ4v) is 10.5. The van der Waals surface area contributed by atoms with Gasteiger partial charge >= 0.3 is 17.9 Å². The predicted octanol–water partition coefficient (Wildman–Crippen LogP) is 5.66. The van der Waals surface area contributed by atoms with Gasteiger partial charge in [0.15, 0.2) is 11.9 Å². The van der Waals surface area contributed by atoms with Crippen LogP contribution in [0, 0.1) is 29.1 Å². The zero-order valence-electron chi connectivity index (χ0n) is 55.3. The third-order valence-electron chi connectivity index (χ3n) is 16.1. The fourth-order valence-electron chi connectivity index (χ4n) is 10.2. The molecule has 3 aliphatic rings. The molecule has 514 valence electrons. The summed E-state index contributed by atoms with van der Waals surface area (Å²) in [6.45, 7) is 15.6. The largest absolute Gasteiger partial charge is 0.495 e. The quantitative estimate of drug-likeness (QED) is 0.0320. The smallest absolute Gasteiger partial charge is 0.347 e. The number of Topliss-reactive ketones (excluding diaryl/α,β-unsaturated/α-hetero) is 2. The van der Waals surface area contributed by atoms with E-state index in [0.717, 1.165) is 11.1 Å². The first kappa shape index (κ1) is 76.6. The Morgan fingerprint density at radius 2 is 1.42 bits per heavy atom. The number of aryl methyl sites for hydroxylation is 1. The average Bonchev–Trinajstić information content (AvgIpc) is 1.64. The fraction of sp³-hybridized carbons (Fsp3) is 0.627. The molecule has 0 saturated carbocycles. The molecule has 0 aliphatic carbocycles. The van der Waals surface area contributed by atoms with Gasteiger partial charge in [0.25, 0.3) is 11.8 Å². The Kier molecular flexibility index (Phi) is 31.5. The lowest BCUT2D eigenvalue weighted by molar-refractivity contribution is -0.197. The van der Waals surface area contributed by atoms with Crippen LogP contribution in [0.25, 0.3) is 0 Å². The van der Waals surface area contributed by atoms with Crippen LogP contribution in [0.3, 0.4) is 0 Å². The number of hydroxylamine groups is 2. The number of esters is 2. The number of cyclic esters (lactones) is 2. The first-order chi connectivity index (χ1) is 44.2. The molecule has 26 heteroatoms. The van der Waals surface area contributed by atoms with Gasteiger partial charge in [0.05, 0.1) is 88.8 Å². The van der Waals surface area contributed by atoms with Gasteiger partial charge in [0.2, 0.25) is 23.6 Å². The van der Waals surface area contributed by atoms with Crippen molar-refractivity contribution < 1.29 is 95.5 Å². The van der Waals surface area contributed by atoms with Crippen molar-refractivity contribution in [2.45, 2.75) is 163 Å². The molecule has 93 heavy (non-hydrogen) atoms. The van der Waals surface area contributed by atoms with E-state index in [4.69, 9.17) is 54.3 Å². The molecule has 2 aromatic carbocycles. The van der Waals surface area contributed by atoms with Gasteiger partial charge in [-0.25, -0.2) is 9.59 Å². The molecular formula is C67H94ClN5O20. The summed E-state index contributed by atoms with van der Waals surface area (Å²) < 4.78 is 44.8. The number of amides is 6. The number of halogens is 1. The molecule has 8 atom stereocenters. The summed E-state index contributed by atoms with van der Waals surface area (Å²) in [5.41, 5.74) is 1.02. The van der Waals surface area contributed by atoms with Crippen LogP contribution in [0.5, 0.6) is 5.75 Å². The summed E-state index contributed by atoms with van der Waals surface area (Å²) in [5, 5.41) is 9.07. The number of rotatable bonds is 36. The van der Waals surface area contributed by atoms with E-state index >= 15 is 0 Å². The normalized spacial score (nSPS) is 20.8. The second-order valence-corrected chi connectivity index (χ2v) is 25.3. The van der Waals surface area contributed by atoms with Crippen molar-refractivity contribution in [3.05, 3.63) is 76.3 Å². The highest BCUT2D eigenvalue weighted by Gasteiger charge is 2.48. The van der Waals surface area contributed by atoms with Crippen LogP contribution in [0.1, 0.15) is 136 Å². The first-order valence-corrected chi connectivity index (χ1v) is 32.2. The molecule has 0 radical (unpaired) electrons. The van der Waals surface area contributed by atoms with Crippen molar-refractivity contribution in [2.24, 2.45) is 29.1 Å². The molecule has 2 saturated heterocycles. The van der Waals surface area contributed by atoms with Gasteiger partial charge in [-0.15, -0.1) is 5.06 Å². The maximum atomic E-state index is 14.0. The number of hydrogen-bond donors (Lipinski definition) is 3. The number of hydrogen-bond acceptors (Lipinski definition) is 20. The Hall–Kier alpha value is -7.16. The lowest BCUT2D eigenvalue weighted by atomic mass is 9.88. The minimum atomic E-state index is -1.29. The number of carbonyl (C=O) groups is 11. The summed E-state index contributed by atoms with van der Waals surface area (Å²) in [6.07, 6.45) is -0.359. The molecule has 3 N–H and O–H groups in total. The maximum absolute atomic E-state index is 14.0.